The van der Waals surface area contributed by atoms with E-state index in [1.54, 1.807) is 0 Å². The smallest absolute Gasteiger partial charge is 0.134 e. The molecule has 0 aromatic carbocycles. The third-order valence-corrected chi connectivity index (χ3v) is 1.15. The minimum Gasteiger partial charge on any atom is -0.379 e. The highest BCUT2D eigenvalue weighted by atomic mass is 16.3. The van der Waals surface area contributed by atoms with Gasteiger partial charge in [-0.2, -0.15) is 0 Å². The van der Waals surface area contributed by atoms with Gasteiger partial charge in [-0.25, -0.2) is 0 Å². The van der Waals surface area contributed by atoms with Crippen LogP contribution in [0.1, 0.15) is 12.8 Å². The lowest BCUT2D eigenvalue weighted by molar-refractivity contribution is -0.109. The fourth-order valence-electron chi connectivity index (χ4n) is 0.541. The summed E-state index contributed by atoms with van der Waals surface area (Å²) >= 11 is 0. The standard InChI is InChI=1S/C7H11NO2/c1-2-6(5-9)3-4-7(8)10/h1,5-7,10H,3-4,8H2. The molecule has 0 amide bonds. The number of hydrogen-bond acceptors (Lipinski definition) is 3. The topological polar surface area (TPSA) is 63.3 Å². The van der Waals surface area contributed by atoms with Gasteiger partial charge in [0.15, 0.2) is 0 Å². The maximum atomic E-state index is 10.1. The number of aldehydes is 1. The van der Waals surface area contributed by atoms with Crippen LogP contribution in [0.4, 0.5) is 0 Å². The summed E-state index contributed by atoms with van der Waals surface area (Å²) < 4.78 is 0. The molecule has 3 nitrogen and oxygen atoms in total. The van der Waals surface area contributed by atoms with Crippen LogP contribution in [0, 0.1) is 18.3 Å². The molecule has 0 aliphatic carbocycles. The summed E-state index contributed by atoms with van der Waals surface area (Å²) in [6.45, 7) is 0. The molecule has 3 heteroatoms. The van der Waals surface area contributed by atoms with E-state index in [1.165, 1.54) is 0 Å². The van der Waals surface area contributed by atoms with Crippen molar-refractivity contribution in [3.05, 3.63) is 0 Å². The summed E-state index contributed by atoms with van der Waals surface area (Å²) in [7, 11) is 0. The minimum absolute atomic E-state index is 0.369. The van der Waals surface area contributed by atoms with Crippen molar-refractivity contribution in [1.82, 2.24) is 0 Å². The van der Waals surface area contributed by atoms with Gasteiger partial charge in [-0.15, -0.1) is 6.42 Å². The number of nitrogens with two attached hydrogens (primary N) is 1. The second-order valence-corrected chi connectivity index (χ2v) is 2.05. The van der Waals surface area contributed by atoms with Crippen LogP contribution in [0.15, 0.2) is 0 Å². The quantitative estimate of drug-likeness (QED) is 0.315. The zero-order valence-corrected chi connectivity index (χ0v) is 5.66. The molecule has 0 saturated carbocycles. The lowest BCUT2D eigenvalue weighted by Crippen LogP contribution is -2.19. The average molecular weight is 141 g/mol. The number of rotatable bonds is 4. The Morgan fingerprint density at radius 2 is 2.30 bits per heavy atom. The van der Waals surface area contributed by atoms with Crippen molar-refractivity contribution in [2.75, 3.05) is 0 Å². The summed E-state index contributed by atoms with van der Waals surface area (Å²) in [4.78, 5) is 10.1. The molecular weight excluding hydrogens is 130 g/mol. The first-order chi connectivity index (χ1) is 4.70. The minimum atomic E-state index is -0.865. The Labute approximate surface area is 60.2 Å². The van der Waals surface area contributed by atoms with E-state index in [0.717, 1.165) is 0 Å². The van der Waals surface area contributed by atoms with Gasteiger partial charge in [0.05, 0.1) is 5.92 Å². The Morgan fingerprint density at radius 3 is 2.60 bits per heavy atom. The number of carbonyl (C=O) groups is 1. The largest absolute Gasteiger partial charge is 0.379 e. The normalized spacial score (nSPS) is 15.3. The highest BCUT2D eigenvalue weighted by Crippen LogP contribution is 2.02. The van der Waals surface area contributed by atoms with Crippen molar-refractivity contribution < 1.29 is 9.90 Å². The van der Waals surface area contributed by atoms with Gasteiger partial charge in [0.25, 0.3) is 0 Å². The summed E-state index contributed by atoms with van der Waals surface area (Å²) in [5, 5.41) is 8.59. The molecule has 2 atom stereocenters. The second kappa shape index (κ2) is 4.98. The Morgan fingerprint density at radius 1 is 1.70 bits per heavy atom. The lowest BCUT2D eigenvalue weighted by Gasteiger charge is -2.04. The molecule has 0 aliphatic heterocycles. The predicted molar refractivity (Wildman–Crippen MR) is 37.8 cm³/mol. The van der Waals surface area contributed by atoms with Crippen LogP contribution in [0.5, 0.6) is 0 Å². The molecule has 0 aromatic heterocycles. The molecule has 0 bridgehead atoms. The molecule has 0 aliphatic rings. The molecule has 3 N–H and O–H groups in total. The zero-order valence-electron chi connectivity index (χ0n) is 5.66. The number of aliphatic hydroxyl groups is 1. The van der Waals surface area contributed by atoms with Crippen LogP contribution in [-0.4, -0.2) is 17.6 Å². The van der Waals surface area contributed by atoms with Crippen LogP contribution < -0.4 is 5.73 Å². The molecule has 2 unspecified atom stereocenters. The molecule has 0 spiro atoms. The fraction of sp³-hybridized carbons (Fsp3) is 0.571. The highest BCUT2D eigenvalue weighted by Gasteiger charge is 2.04. The van der Waals surface area contributed by atoms with E-state index in [1.807, 2.05) is 0 Å². The number of hydrogen-bond donors (Lipinski definition) is 2. The van der Waals surface area contributed by atoms with Crippen molar-refractivity contribution in [3.63, 3.8) is 0 Å². The SMILES string of the molecule is C#CC(C=O)CCC(N)O. The van der Waals surface area contributed by atoms with E-state index < -0.39 is 12.1 Å². The third kappa shape index (κ3) is 4.07. The Hall–Kier alpha value is -0.850. The molecule has 0 fully saturated rings. The lowest BCUT2D eigenvalue weighted by atomic mass is 10.1. The van der Waals surface area contributed by atoms with Gasteiger partial charge in [-0.3, -0.25) is 0 Å². The van der Waals surface area contributed by atoms with E-state index >= 15 is 0 Å². The monoisotopic (exact) mass is 141 g/mol. The fourth-order valence-corrected chi connectivity index (χ4v) is 0.541. The van der Waals surface area contributed by atoms with Crippen molar-refractivity contribution in [2.24, 2.45) is 11.7 Å². The Balaban J connectivity index is 3.47. The number of aliphatic hydroxyl groups excluding tert-OH is 1. The van der Waals surface area contributed by atoms with Gasteiger partial charge < -0.3 is 15.6 Å². The molecule has 0 rings (SSSR count). The van der Waals surface area contributed by atoms with Gasteiger partial charge in [0.2, 0.25) is 0 Å². The maximum absolute atomic E-state index is 10.1. The summed E-state index contributed by atoms with van der Waals surface area (Å²) in [5.41, 5.74) is 5.02. The van der Waals surface area contributed by atoms with Crippen LogP contribution >= 0.6 is 0 Å². The molecule has 10 heavy (non-hydrogen) atoms. The molecule has 56 valence electrons. The first-order valence-corrected chi connectivity index (χ1v) is 3.05. The van der Waals surface area contributed by atoms with E-state index in [-0.39, 0.29) is 0 Å². The van der Waals surface area contributed by atoms with E-state index in [2.05, 4.69) is 5.92 Å². The second-order valence-electron chi connectivity index (χ2n) is 2.05. The number of carbonyl (C=O) groups excluding carboxylic acids is 1. The van der Waals surface area contributed by atoms with Crippen molar-refractivity contribution >= 4 is 6.29 Å². The van der Waals surface area contributed by atoms with E-state index in [9.17, 15) is 4.79 Å². The average Bonchev–Trinajstić information content (AvgIpc) is 1.90. The molecule has 0 radical (unpaired) electrons. The van der Waals surface area contributed by atoms with Crippen molar-refractivity contribution in [2.45, 2.75) is 19.1 Å². The molecular formula is C7H11NO2. The van der Waals surface area contributed by atoms with Gasteiger partial charge >= 0.3 is 0 Å². The molecule has 0 saturated heterocycles. The third-order valence-electron chi connectivity index (χ3n) is 1.15. The first-order valence-electron chi connectivity index (χ1n) is 3.05. The summed E-state index contributed by atoms with van der Waals surface area (Å²) in [5.74, 6) is 1.87. The van der Waals surface area contributed by atoms with Gasteiger partial charge in [-0.1, -0.05) is 5.92 Å². The van der Waals surface area contributed by atoms with Crippen LogP contribution in [-0.2, 0) is 4.79 Å². The van der Waals surface area contributed by atoms with Crippen molar-refractivity contribution in [3.8, 4) is 12.3 Å². The summed E-state index contributed by atoms with van der Waals surface area (Å²) in [6, 6.07) is 0. The van der Waals surface area contributed by atoms with Crippen LogP contribution in [0.2, 0.25) is 0 Å². The first kappa shape index (κ1) is 9.15. The number of terminal acetylenes is 1. The van der Waals surface area contributed by atoms with Crippen LogP contribution in [0.3, 0.4) is 0 Å². The maximum Gasteiger partial charge on any atom is 0.134 e. The van der Waals surface area contributed by atoms with Crippen molar-refractivity contribution in [1.29, 1.82) is 0 Å². The summed E-state index contributed by atoms with van der Waals surface area (Å²) in [6.07, 6.45) is 5.61. The van der Waals surface area contributed by atoms with Gasteiger partial charge in [0.1, 0.15) is 12.5 Å². The Bertz CT molecular complexity index is 137. The van der Waals surface area contributed by atoms with Gasteiger partial charge in [0, 0.05) is 0 Å². The van der Waals surface area contributed by atoms with Crippen LogP contribution in [0.25, 0.3) is 0 Å². The van der Waals surface area contributed by atoms with Gasteiger partial charge in [-0.05, 0) is 12.8 Å². The Kier molecular flexibility index (Phi) is 4.55. The highest BCUT2D eigenvalue weighted by molar-refractivity contribution is 5.58. The predicted octanol–water partition coefficient (Wildman–Crippen LogP) is -0.508. The van der Waals surface area contributed by atoms with E-state index in [4.69, 9.17) is 17.3 Å². The molecule has 0 heterocycles. The zero-order chi connectivity index (χ0) is 7.98. The molecule has 0 aromatic rings. The van der Waals surface area contributed by atoms with E-state index in [0.29, 0.717) is 19.1 Å².